The molecule has 0 saturated carbocycles. The molecule has 0 atom stereocenters. The third-order valence-corrected chi connectivity index (χ3v) is 3.77. The fourth-order valence-corrected chi connectivity index (χ4v) is 2.64. The molecule has 3 rings (SSSR count). The maximum Gasteiger partial charge on any atom is 0.170 e. The highest BCUT2D eigenvalue weighted by Gasteiger charge is 2.19. The molecular weight excluding hydrogens is 269 g/mol. The van der Waals surface area contributed by atoms with E-state index in [9.17, 15) is 4.39 Å². The normalized spacial score (nSPS) is 14.3. The van der Waals surface area contributed by atoms with Gasteiger partial charge in [-0.3, -0.25) is 0 Å². The molecule has 1 heterocycles. The van der Waals surface area contributed by atoms with E-state index in [2.05, 4.69) is 10.1 Å². The Morgan fingerprint density at radius 1 is 1.24 bits per heavy atom. The van der Waals surface area contributed by atoms with E-state index in [0.29, 0.717) is 12.1 Å². The molecule has 0 amide bonds. The van der Waals surface area contributed by atoms with E-state index < -0.39 is 0 Å². The zero-order valence-corrected chi connectivity index (χ0v) is 11.5. The number of hydrogen-bond donors (Lipinski definition) is 2. The smallest absolute Gasteiger partial charge is 0.170 e. The molecular formula is C16H16FN3O. The van der Waals surface area contributed by atoms with Gasteiger partial charge in [-0.1, -0.05) is 35.5 Å². The second-order valence-corrected chi connectivity index (χ2v) is 5.13. The Morgan fingerprint density at radius 2 is 2.00 bits per heavy atom. The number of anilines is 1. The summed E-state index contributed by atoms with van der Waals surface area (Å²) in [5.41, 5.74) is 9.46. The minimum absolute atomic E-state index is 0.0927. The van der Waals surface area contributed by atoms with Crippen molar-refractivity contribution in [1.82, 2.24) is 0 Å². The second-order valence-electron chi connectivity index (χ2n) is 5.13. The summed E-state index contributed by atoms with van der Waals surface area (Å²) in [6, 6.07) is 12.4. The van der Waals surface area contributed by atoms with Gasteiger partial charge in [0.2, 0.25) is 0 Å². The van der Waals surface area contributed by atoms with Crippen LogP contribution in [0.4, 0.5) is 10.1 Å². The highest BCUT2D eigenvalue weighted by molar-refractivity contribution is 5.96. The topological polar surface area (TPSA) is 61.9 Å². The van der Waals surface area contributed by atoms with Gasteiger partial charge < -0.3 is 15.8 Å². The lowest BCUT2D eigenvalue weighted by molar-refractivity contribution is 0.318. The monoisotopic (exact) mass is 285 g/mol. The summed E-state index contributed by atoms with van der Waals surface area (Å²) in [5, 5.41) is 11.6. The summed E-state index contributed by atoms with van der Waals surface area (Å²) < 4.78 is 13.4. The van der Waals surface area contributed by atoms with Crippen molar-refractivity contribution in [3.63, 3.8) is 0 Å². The highest BCUT2D eigenvalue weighted by atomic mass is 19.1. The van der Waals surface area contributed by atoms with Crippen molar-refractivity contribution in [2.24, 2.45) is 10.9 Å². The van der Waals surface area contributed by atoms with Gasteiger partial charge in [-0.2, -0.15) is 0 Å². The predicted molar refractivity (Wildman–Crippen MR) is 80.1 cm³/mol. The molecule has 0 bridgehead atoms. The first-order chi connectivity index (χ1) is 10.2. The van der Waals surface area contributed by atoms with Crippen LogP contribution in [0.3, 0.4) is 0 Å². The quantitative estimate of drug-likeness (QED) is 0.394. The van der Waals surface area contributed by atoms with Crippen molar-refractivity contribution < 1.29 is 9.60 Å². The van der Waals surface area contributed by atoms with Crippen LogP contribution >= 0.6 is 0 Å². The Hall–Kier alpha value is -2.56. The molecule has 1 aliphatic rings. The largest absolute Gasteiger partial charge is 0.409 e. The number of rotatable bonds is 3. The molecule has 0 aliphatic carbocycles. The molecule has 5 heteroatoms. The van der Waals surface area contributed by atoms with Crippen LogP contribution in [0.2, 0.25) is 0 Å². The van der Waals surface area contributed by atoms with Crippen LogP contribution in [-0.2, 0) is 13.0 Å². The van der Waals surface area contributed by atoms with E-state index in [1.54, 1.807) is 6.07 Å². The van der Waals surface area contributed by atoms with E-state index in [1.807, 2.05) is 30.3 Å². The first-order valence-electron chi connectivity index (χ1n) is 6.77. The van der Waals surface area contributed by atoms with Gasteiger partial charge in [0.1, 0.15) is 5.82 Å². The van der Waals surface area contributed by atoms with Crippen LogP contribution in [0.5, 0.6) is 0 Å². The summed E-state index contributed by atoms with van der Waals surface area (Å²) in [5.74, 6) is -0.113. The minimum atomic E-state index is -0.206. The van der Waals surface area contributed by atoms with Gasteiger partial charge in [-0.05, 0) is 29.7 Å². The highest BCUT2D eigenvalue weighted by Crippen LogP contribution is 2.29. The van der Waals surface area contributed by atoms with Crippen molar-refractivity contribution in [2.75, 3.05) is 11.4 Å². The van der Waals surface area contributed by atoms with Gasteiger partial charge >= 0.3 is 0 Å². The Labute approximate surface area is 122 Å². The van der Waals surface area contributed by atoms with Crippen molar-refractivity contribution in [1.29, 1.82) is 0 Å². The number of nitrogens with zero attached hydrogens (tertiary/aromatic N) is 2. The van der Waals surface area contributed by atoms with Gasteiger partial charge in [-0.15, -0.1) is 0 Å². The Balaban J connectivity index is 1.78. The van der Waals surface area contributed by atoms with Crippen LogP contribution in [0, 0.1) is 5.82 Å². The lowest BCUT2D eigenvalue weighted by Gasteiger charge is -2.19. The fourth-order valence-electron chi connectivity index (χ4n) is 2.64. The third-order valence-electron chi connectivity index (χ3n) is 3.77. The van der Waals surface area contributed by atoms with Gasteiger partial charge in [0.25, 0.3) is 0 Å². The fraction of sp³-hybridized carbons (Fsp3) is 0.188. The molecule has 1 aliphatic heterocycles. The first-order valence-corrected chi connectivity index (χ1v) is 6.77. The standard InChI is InChI=1S/C16H16FN3O/c17-14-6-5-12-7-8-20(15(12)9-14)10-11-1-3-13(4-2-11)16(18)19-21/h1-6,9,21H,7-8,10H2,(H2,18,19). The average Bonchev–Trinajstić information content (AvgIpc) is 2.89. The van der Waals surface area contributed by atoms with E-state index in [0.717, 1.165) is 24.2 Å². The Bertz CT molecular complexity index is 682. The lowest BCUT2D eigenvalue weighted by atomic mass is 10.1. The van der Waals surface area contributed by atoms with Gasteiger partial charge in [0.15, 0.2) is 5.84 Å². The van der Waals surface area contributed by atoms with Crippen LogP contribution < -0.4 is 10.6 Å². The van der Waals surface area contributed by atoms with E-state index >= 15 is 0 Å². The number of halogens is 1. The summed E-state index contributed by atoms with van der Waals surface area (Å²) in [6.07, 6.45) is 0.942. The van der Waals surface area contributed by atoms with Crippen molar-refractivity contribution in [3.05, 3.63) is 65.0 Å². The van der Waals surface area contributed by atoms with E-state index in [-0.39, 0.29) is 11.7 Å². The van der Waals surface area contributed by atoms with Crippen LogP contribution in [0.1, 0.15) is 16.7 Å². The number of fused-ring (bicyclic) bond motifs is 1. The first kappa shape index (κ1) is 13.4. The number of nitrogens with two attached hydrogens (primary N) is 1. The zero-order valence-electron chi connectivity index (χ0n) is 11.5. The van der Waals surface area contributed by atoms with Crippen molar-refractivity contribution in [2.45, 2.75) is 13.0 Å². The third kappa shape index (κ3) is 2.67. The summed E-state index contributed by atoms with van der Waals surface area (Å²) >= 11 is 0. The van der Waals surface area contributed by atoms with E-state index in [1.165, 1.54) is 11.6 Å². The number of amidine groups is 1. The molecule has 0 radical (unpaired) electrons. The molecule has 2 aromatic rings. The minimum Gasteiger partial charge on any atom is -0.409 e. The molecule has 21 heavy (non-hydrogen) atoms. The van der Waals surface area contributed by atoms with Gasteiger partial charge in [0.05, 0.1) is 0 Å². The lowest BCUT2D eigenvalue weighted by Crippen LogP contribution is -2.20. The molecule has 0 fully saturated rings. The van der Waals surface area contributed by atoms with Crippen LogP contribution in [0.25, 0.3) is 0 Å². The Kier molecular flexibility index (Phi) is 3.48. The number of benzene rings is 2. The average molecular weight is 285 g/mol. The second kappa shape index (κ2) is 5.44. The summed E-state index contributed by atoms with van der Waals surface area (Å²) in [4.78, 5) is 2.16. The molecule has 3 N–H and O–H groups in total. The molecule has 4 nitrogen and oxygen atoms in total. The molecule has 0 aromatic heterocycles. The molecule has 2 aromatic carbocycles. The summed E-state index contributed by atoms with van der Waals surface area (Å²) in [6.45, 7) is 1.60. The van der Waals surface area contributed by atoms with Crippen molar-refractivity contribution >= 4 is 11.5 Å². The van der Waals surface area contributed by atoms with Crippen LogP contribution in [0.15, 0.2) is 47.6 Å². The van der Waals surface area contributed by atoms with Crippen molar-refractivity contribution in [3.8, 4) is 0 Å². The van der Waals surface area contributed by atoms with E-state index in [4.69, 9.17) is 10.9 Å². The predicted octanol–water partition coefficient (Wildman–Crippen LogP) is 2.48. The Morgan fingerprint density at radius 3 is 2.71 bits per heavy atom. The maximum absolute atomic E-state index is 13.4. The number of hydrogen-bond acceptors (Lipinski definition) is 3. The maximum atomic E-state index is 13.4. The molecule has 0 saturated heterocycles. The zero-order chi connectivity index (χ0) is 14.8. The molecule has 0 spiro atoms. The SMILES string of the molecule is N/C(=N/O)c1ccc(CN2CCc3ccc(F)cc32)cc1. The van der Waals surface area contributed by atoms with Gasteiger partial charge in [0, 0.05) is 24.3 Å². The summed E-state index contributed by atoms with van der Waals surface area (Å²) in [7, 11) is 0. The van der Waals surface area contributed by atoms with Gasteiger partial charge in [-0.25, -0.2) is 4.39 Å². The molecule has 108 valence electrons. The van der Waals surface area contributed by atoms with Crippen LogP contribution in [-0.4, -0.2) is 17.6 Å². The number of oxime groups is 1. The molecule has 0 unspecified atom stereocenters.